The average molecular weight is 314 g/mol. The van der Waals surface area contributed by atoms with Crippen molar-refractivity contribution in [3.8, 4) is 5.75 Å². The van der Waals surface area contributed by atoms with Gasteiger partial charge in [-0.3, -0.25) is 4.79 Å². The SMILES string of the molecule is COc1ccc(C)cc1C(=O)NC(CBr)C(C)C. The molecule has 0 saturated carbocycles. The van der Waals surface area contributed by atoms with Crippen molar-refractivity contribution in [2.24, 2.45) is 5.92 Å². The largest absolute Gasteiger partial charge is 0.496 e. The predicted octanol–water partition coefficient (Wildman–Crippen LogP) is 3.15. The summed E-state index contributed by atoms with van der Waals surface area (Å²) in [5, 5.41) is 3.76. The maximum atomic E-state index is 12.2. The van der Waals surface area contributed by atoms with Crippen LogP contribution in [0.1, 0.15) is 29.8 Å². The Hall–Kier alpha value is -1.03. The Morgan fingerprint density at radius 3 is 2.61 bits per heavy atom. The number of rotatable bonds is 5. The second-order valence-corrected chi connectivity index (χ2v) is 5.33. The minimum Gasteiger partial charge on any atom is -0.496 e. The molecular formula is C14H20BrNO2. The maximum Gasteiger partial charge on any atom is 0.255 e. The van der Waals surface area contributed by atoms with Crippen LogP contribution >= 0.6 is 15.9 Å². The standard InChI is InChI=1S/C14H20BrNO2/c1-9(2)12(8-15)16-14(17)11-7-10(3)5-6-13(11)18-4/h5-7,9,12H,8H2,1-4H3,(H,16,17). The Bertz CT molecular complexity index is 418. The van der Waals surface area contributed by atoms with Crippen molar-refractivity contribution in [3.05, 3.63) is 29.3 Å². The molecule has 0 radical (unpaired) electrons. The van der Waals surface area contributed by atoms with E-state index in [2.05, 4.69) is 35.1 Å². The van der Waals surface area contributed by atoms with E-state index in [9.17, 15) is 4.79 Å². The molecule has 1 N–H and O–H groups in total. The second kappa shape index (κ2) is 6.78. The minimum atomic E-state index is -0.0892. The zero-order chi connectivity index (χ0) is 13.7. The monoisotopic (exact) mass is 313 g/mol. The lowest BCUT2D eigenvalue weighted by Gasteiger charge is -2.20. The molecule has 1 amide bonds. The van der Waals surface area contributed by atoms with Crippen LogP contribution in [0.4, 0.5) is 0 Å². The lowest BCUT2D eigenvalue weighted by Crippen LogP contribution is -2.39. The summed E-state index contributed by atoms with van der Waals surface area (Å²) in [7, 11) is 1.58. The van der Waals surface area contributed by atoms with E-state index in [0.717, 1.165) is 10.9 Å². The fraction of sp³-hybridized carbons (Fsp3) is 0.500. The van der Waals surface area contributed by atoms with Crippen LogP contribution in [-0.4, -0.2) is 24.4 Å². The first kappa shape index (κ1) is 15.0. The molecule has 18 heavy (non-hydrogen) atoms. The van der Waals surface area contributed by atoms with E-state index in [1.54, 1.807) is 7.11 Å². The quantitative estimate of drug-likeness (QED) is 0.848. The first-order valence-electron chi connectivity index (χ1n) is 6.01. The second-order valence-electron chi connectivity index (χ2n) is 4.68. The van der Waals surface area contributed by atoms with Gasteiger partial charge in [-0.15, -0.1) is 0 Å². The third-order valence-corrected chi connectivity index (χ3v) is 3.58. The third kappa shape index (κ3) is 3.73. The highest BCUT2D eigenvalue weighted by Gasteiger charge is 2.18. The fourth-order valence-corrected chi connectivity index (χ4v) is 2.54. The van der Waals surface area contributed by atoms with Crippen molar-refractivity contribution in [1.29, 1.82) is 0 Å². The van der Waals surface area contributed by atoms with Crippen LogP contribution in [0.25, 0.3) is 0 Å². The van der Waals surface area contributed by atoms with Crippen LogP contribution in [0, 0.1) is 12.8 Å². The van der Waals surface area contributed by atoms with Crippen LogP contribution in [0.3, 0.4) is 0 Å². The molecule has 0 fully saturated rings. The minimum absolute atomic E-state index is 0.0892. The van der Waals surface area contributed by atoms with Gasteiger partial charge in [-0.2, -0.15) is 0 Å². The number of carbonyl (C=O) groups is 1. The Balaban J connectivity index is 2.92. The zero-order valence-corrected chi connectivity index (χ0v) is 12.9. The summed E-state index contributed by atoms with van der Waals surface area (Å²) in [6.45, 7) is 6.13. The summed E-state index contributed by atoms with van der Waals surface area (Å²) < 4.78 is 5.22. The van der Waals surface area contributed by atoms with Gasteiger partial charge in [0.2, 0.25) is 0 Å². The Morgan fingerprint density at radius 1 is 1.44 bits per heavy atom. The maximum absolute atomic E-state index is 12.2. The first-order chi connectivity index (χ1) is 8.49. The number of hydrogen-bond acceptors (Lipinski definition) is 2. The molecule has 0 aliphatic rings. The molecule has 4 heteroatoms. The van der Waals surface area contributed by atoms with E-state index in [4.69, 9.17) is 4.74 Å². The smallest absolute Gasteiger partial charge is 0.255 e. The molecular weight excluding hydrogens is 294 g/mol. The van der Waals surface area contributed by atoms with Gasteiger partial charge in [-0.05, 0) is 25.0 Å². The summed E-state index contributed by atoms with van der Waals surface area (Å²) in [5.41, 5.74) is 1.63. The van der Waals surface area contributed by atoms with E-state index in [1.165, 1.54) is 0 Å². The van der Waals surface area contributed by atoms with Gasteiger partial charge in [-0.1, -0.05) is 41.4 Å². The van der Waals surface area contributed by atoms with Crippen LogP contribution in [0.15, 0.2) is 18.2 Å². The van der Waals surface area contributed by atoms with Gasteiger partial charge >= 0.3 is 0 Å². The molecule has 0 aromatic heterocycles. The normalized spacial score (nSPS) is 12.3. The number of alkyl halides is 1. The number of methoxy groups -OCH3 is 1. The van der Waals surface area contributed by atoms with Crippen molar-refractivity contribution in [2.45, 2.75) is 26.8 Å². The summed E-state index contributed by atoms with van der Waals surface area (Å²) in [5.74, 6) is 0.896. The average Bonchev–Trinajstić information content (AvgIpc) is 2.35. The molecule has 1 atom stereocenters. The number of nitrogens with one attached hydrogen (secondary N) is 1. The van der Waals surface area contributed by atoms with E-state index in [-0.39, 0.29) is 11.9 Å². The summed E-state index contributed by atoms with van der Waals surface area (Å²) in [6, 6.07) is 5.71. The predicted molar refractivity (Wildman–Crippen MR) is 77.6 cm³/mol. The van der Waals surface area contributed by atoms with E-state index in [1.807, 2.05) is 25.1 Å². The molecule has 3 nitrogen and oxygen atoms in total. The van der Waals surface area contributed by atoms with Crippen LogP contribution in [0.2, 0.25) is 0 Å². The lowest BCUT2D eigenvalue weighted by atomic mass is 10.0. The van der Waals surface area contributed by atoms with Gasteiger partial charge in [0.15, 0.2) is 0 Å². The number of ether oxygens (including phenoxy) is 1. The number of benzene rings is 1. The van der Waals surface area contributed by atoms with Crippen LogP contribution in [-0.2, 0) is 0 Å². The van der Waals surface area contributed by atoms with Crippen LogP contribution < -0.4 is 10.1 Å². The molecule has 0 bridgehead atoms. The van der Waals surface area contributed by atoms with Gasteiger partial charge in [0.25, 0.3) is 5.91 Å². The number of aryl methyl sites for hydroxylation is 1. The summed E-state index contributed by atoms with van der Waals surface area (Å²) >= 11 is 3.42. The molecule has 0 aliphatic heterocycles. The molecule has 1 aromatic carbocycles. The molecule has 0 aliphatic carbocycles. The highest BCUT2D eigenvalue weighted by molar-refractivity contribution is 9.09. The van der Waals surface area contributed by atoms with Crippen molar-refractivity contribution >= 4 is 21.8 Å². The van der Waals surface area contributed by atoms with Gasteiger partial charge in [0.05, 0.1) is 12.7 Å². The Kier molecular flexibility index (Phi) is 5.66. The van der Waals surface area contributed by atoms with Gasteiger partial charge in [-0.25, -0.2) is 0 Å². The molecule has 1 rings (SSSR count). The Labute approximate surface area is 117 Å². The van der Waals surface area contributed by atoms with E-state index < -0.39 is 0 Å². The van der Waals surface area contributed by atoms with Crippen LogP contribution in [0.5, 0.6) is 5.75 Å². The highest BCUT2D eigenvalue weighted by Crippen LogP contribution is 2.20. The van der Waals surface area contributed by atoms with Crippen molar-refractivity contribution in [2.75, 3.05) is 12.4 Å². The fourth-order valence-electron chi connectivity index (χ4n) is 1.63. The van der Waals surface area contributed by atoms with Gasteiger partial charge in [0.1, 0.15) is 5.75 Å². The van der Waals surface area contributed by atoms with Crippen molar-refractivity contribution in [1.82, 2.24) is 5.32 Å². The topological polar surface area (TPSA) is 38.3 Å². The first-order valence-corrected chi connectivity index (χ1v) is 7.13. The molecule has 1 unspecified atom stereocenters. The van der Waals surface area contributed by atoms with E-state index >= 15 is 0 Å². The molecule has 1 aromatic rings. The molecule has 100 valence electrons. The van der Waals surface area contributed by atoms with Gasteiger partial charge in [0, 0.05) is 11.4 Å². The molecule has 0 heterocycles. The Morgan fingerprint density at radius 2 is 2.11 bits per heavy atom. The number of amides is 1. The summed E-state index contributed by atoms with van der Waals surface area (Å²) in [6.07, 6.45) is 0. The van der Waals surface area contributed by atoms with Gasteiger partial charge < -0.3 is 10.1 Å². The molecule has 0 spiro atoms. The zero-order valence-electron chi connectivity index (χ0n) is 11.3. The van der Waals surface area contributed by atoms with Crippen molar-refractivity contribution in [3.63, 3.8) is 0 Å². The third-order valence-electron chi connectivity index (χ3n) is 2.89. The summed E-state index contributed by atoms with van der Waals surface area (Å²) in [4.78, 5) is 12.2. The van der Waals surface area contributed by atoms with Crippen molar-refractivity contribution < 1.29 is 9.53 Å². The lowest BCUT2D eigenvalue weighted by molar-refractivity contribution is 0.0928. The highest BCUT2D eigenvalue weighted by atomic mass is 79.9. The number of halogens is 1. The number of carbonyl (C=O) groups excluding carboxylic acids is 1. The molecule has 0 saturated heterocycles. The van der Waals surface area contributed by atoms with E-state index in [0.29, 0.717) is 17.2 Å². The number of hydrogen-bond donors (Lipinski definition) is 1.